The first-order valence-corrected chi connectivity index (χ1v) is 35.0. The van der Waals surface area contributed by atoms with E-state index in [2.05, 4.69) is 4.68 Å². The fourth-order valence-corrected chi connectivity index (χ4v) is 7.19. The van der Waals surface area contributed by atoms with Crippen LogP contribution in [0.15, 0.2) is 29.3 Å². The normalized spacial score (nSPS) is 19.0. The third kappa shape index (κ3) is 11.3. The summed E-state index contributed by atoms with van der Waals surface area (Å²) in [5.74, 6) is 0. The summed E-state index contributed by atoms with van der Waals surface area (Å²) in [5, 5.41) is 7.42. The summed E-state index contributed by atoms with van der Waals surface area (Å²) in [6, 6.07) is 6.99. The summed E-state index contributed by atoms with van der Waals surface area (Å²) in [6.45, 7) is 0. The van der Waals surface area contributed by atoms with E-state index in [9.17, 15) is 0 Å². The molecule has 43 heavy (non-hydrogen) atoms. The minimum atomic E-state index is -5.42. The van der Waals surface area contributed by atoms with Crippen molar-refractivity contribution in [1.82, 2.24) is 14.7 Å². The van der Waals surface area contributed by atoms with Crippen molar-refractivity contribution in [2.45, 2.75) is 76.3 Å². The van der Waals surface area contributed by atoms with Crippen LogP contribution in [-0.4, -0.2) is 29.9 Å². The summed E-state index contributed by atoms with van der Waals surface area (Å²) in [7, 11) is 25.0. The molecule has 0 bridgehead atoms. The molecule has 0 radical (unpaired) electrons. The Morgan fingerprint density at radius 2 is 1.07 bits per heavy atom. The predicted molar refractivity (Wildman–Crippen MR) is 189 cm³/mol. The van der Waals surface area contributed by atoms with Gasteiger partial charge in [0.25, 0.3) is 0 Å². The molecule has 5 nitrogen and oxygen atoms in total. The topological polar surface area (TPSA) is 39.0 Å². The Kier molecular flexibility index (Phi) is 12.4. The Balaban J connectivity index is 0.000000541. The number of rotatable bonds is 4. The van der Waals surface area contributed by atoms with Crippen molar-refractivity contribution >= 4 is 132 Å². The van der Waals surface area contributed by atoms with Gasteiger partial charge in [-0.25, -0.2) is 0 Å². The molecule has 240 valence electrons. The first-order chi connectivity index (χ1) is 19.8. The summed E-state index contributed by atoms with van der Waals surface area (Å²) >= 11 is 39.3. The fourth-order valence-electron chi connectivity index (χ4n) is 5.24. The van der Waals surface area contributed by atoms with E-state index >= 15 is 0 Å². The van der Waals surface area contributed by atoms with Gasteiger partial charge in [0.2, 0.25) is 0 Å². The summed E-state index contributed by atoms with van der Waals surface area (Å²) < 4.78 is 3.83. The maximum atomic E-state index is 6.71. The zero-order valence-corrected chi connectivity index (χ0v) is 33.9. The monoisotopic (exact) mass is 937 g/mol. The number of aromatic nitrogens is 4. The van der Waals surface area contributed by atoms with E-state index in [0.29, 0.717) is 47.1 Å². The third-order valence-corrected chi connectivity index (χ3v) is 8.53. The van der Waals surface area contributed by atoms with Gasteiger partial charge in [0.05, 0.1) is 26.1 Å². The van der Waals surface area contributed by atoms with E-state index in [-0.39, 0.29) is 12.1 Å². The van der Waals surface area contributed by atoms with Gasteiger partial charge in [-0.3, -0.25) is 0 Å². The quantitative estimate of drug-likeness (QED) is 0.190. The molecule has 2 aliphatic carbocycles. The molecule has 5 rings (SSSR count). The van der Waals surface area contributed by atoms with Gasteiger partial charge in [0.15, 0.2) is 11.4 Å². The number of halogens is 12. The van der Waals surface area contributed by atoms with Gasteiger partial charge in [-0.15, -0.1) is 9.67 Å². The Labute approximate surface area is 300 Å². The molecular weight excluding hydrogens is 918 g/mol. The second kappa shape index (κ2) is 14.2. The van der Waals surface area contributed by atoms with E-state index < -0.39 is 9.14 Å². The maximum absolute atomic E-state index is 6.71. The first-order valence-electron chi connectivity index (χ1n) is 13.3. The van der Waals surface area contributed by atoms with Gasteiger partial charge in [-0.2, -0.15) is 0 Å². The van der Waals surface area contributed by atoms with Gasteiger partial charge in [0, 0.05) is 15.3 Å². The van der Waals surface area contributed by atoms with Gasteiger partial charge in [-0.1, -0.05) is 113 Å². The van der Waals surface area contributed by atoms with Crippen LogP contribution in [0.5, 0.6) is 0 Å². The van der Waals surface area contributed by atoms with Crippen molar-refractivity contribution in [2.75, 3.05) is 0 Å². The molecule has 18 heteroatoms. The number of nitrogens with zero attached hydrogens (tertiary/aromatic N) is 5. The molecule has 2 fully saturated rings. The second-order valence-electron chi connectivity index (χ2n) is 10.4. The number of benzene rings is 2. The number of hydrogen-bond acceptors (Lipinski definition) is 2. The Morgan fingerprint density at radius 1 is 0.651 bits per heavy atom. The van der Waals surface area contributed by atoms with Crippen molar-refractivity contribution in [3.8, 4) is 11.4 Å². The van der Waals surface area contributed by atoms with Crippen LogP contribution in [0.3, 0.4) is 0 Å². The fraction of sp³-hybridized carbons (Fsp3) is 0.480. The molecule has 2 saturated carbocycles. The van der Waals surface area contributed by atoms with E-state index in [4.69, 9.17) is 133 Å². The molecule has 0 unspecified atom stereocenters. The van der Waals surface area contributed by atoms with Crippen LogP contribution in [0.2, 0.25) is 30.1 Å². The Hall–Kier alpha value is 1.61. The second-order valence-corrected chi connectivity index (χ2v) is 69.8. The van der Waals surface area contributed by atoms with Crippen LogP contribution >= 0.6 is 123 Å². The van der Waals surface area contributed by atoms with Crippen LogP contribution in [0.4, 0.5) is 0 Å². The number of tetrazole rings is 1. The van der Waals surface area contributed by atoms with Crippen molar-refractivity contribution in [3.05, 3.63) is 60.0 Å². The zero-order chi connectivity index (χ0) is 31.8. The standard InChI is InChI=1S/C25H26Cl6N5.6ClH.Sb/c26-15-11-19(28)23(20(29)12-15)34-25(32-17-7-3-1-4-8-17)35(18-9-5-2-6-10-18)36(33-34)24-21(30)13-16(27)14-22(24)31;;;;;;;/h11-14,17-18H,1-10H2;6*1H;/q+1;;;;;;;+5/p-6. The van der Waals surface area contributed by atoms with Crippen molar-refractivity contribution in [2.24, 2.45) is 4.99 Å². The zero-order valence-electron chi connectivity index (χ0n) is 22.3. The SMILES string of the molecule is Clc1cc(Cl)c(-n2n[n+](-c3c(Cl)cc(Cl)cc3Cl)c(=NC3CCCCC3)n2C2CCCCC2)c(Cl)c1.[Cl][Sb-]([Cl])([Cl])([Cl])([Cl])[Cl]. The number of hydrogen-bond donors (Lipinski definition) is 0. The van der Waals surface area contributed by atoms with Crippen LogP contribution in [0, 0.1) is 0 Å². The third-order valence-electron chi connectivity index (χ3n) is 6.94. The van der Waals surface area contributed by atoms with E-state index in [0.717, 1.165) is 51.4 Å². The minimum absolute atomic E-state index is 0.155. The summed E-state index contributed by atoms with van der Waals surface area (Å²) in [6.07, 6.45) is 11.0. The summed E-state index contributed by atoms with van der Waals surface area (Å²) in [5.41, 5.74) is 1.72. The Morgan fingerprint density at radius 3 is 1.53 bits per heavy atom. The van der Waals surface area contributed by atoms with E-state index in [1.165, 1.54) is 12.8 Å². The van der Waals surface area contributed by atoms with Gasteiger partial charge in [-0.05, 0) is 54.7 Å². The van der Waals surface area contributed by atoms with Crippen LogP contribution in [0.25, 0.3) is 11.4 Å². The van der Waals surface area contributed by atoms with Gasteiger partial charge < -0.3 is 0 Å². The molecule has 0 atom stereocenters. The molecule has 0 N–H and O–H groups in total. The van der Waals surface area contributed by atoms with Crippen LogP contribution in [-0.2, 0) is 0 Å². The van der Waals surface area contributed by atoms with Crippen LogP contribution in [0.1, 0.15) is 70.3 Å². The van der Waals surface area contributed by atoms with Crippen molar-refractivity contribution < 1.29 is 4.68 Å². The molecule has 2 aliphatic rings. The molecule has 3 aromatic rings. The predicted octanol–water partition coefficient (Wildman–Crippen LogP) is 12.4. The van der Waals surface area contributed by atoms with Gasteiger partial charge in [0.1, 0.15) is 6.04 Å². The average Bonchev–Trinajstić information content (AvgIpc) is 3.20. The van der Waals surface area contributed by atoms with Crippen molar-refractivity contribution in [1.29, 1.82) is 0 Å². The summed E-state index contributed by atoms with van der Waals surface area (Å²) in [4.78, 5) is 7.03. The van der Waals surface area contributed by atoms with E-state index in [1.54, 1.807) is 33.7 Å². The first kappa shape index (κ1) is 37.4. The van der Waals surface area contributed by atoms with Crippen molar-refractivity contribution in [3.63, 3.8) is 0 Å². The molecule has 2 aromatic carbocycles. The molecule has 0 amide bonds. The molecule has 0 aliphatic heterocycles. The molecular formula is C25H26Cl12N5Sb. The Bertz CT molecular complexity index is 1500. The van der Waals surface area contributed by atoms with E-state index in [1.807, 2.05) is 0 Å². The average molecular weight is 944 g/mol. The molecule has 1 aromatic heterocycles. The molecule has 0 spiro atoms. The molecule has 0 saturated heterocycles. The molecule has 1 heterocycles. The van der Waals surface area contributed by atoms with Crippen LogP contribution < -0.4 is 10.3 Å². The van der Waals surface area contributed by atoms with Gasteiger partial charge >= 0.3 is 67.7 Å².